The molecule has 3 aromatic rings. The molecule has 0 aliphatic carbocycles. The van der Waals surface area contributed by atoms with Gasteiger partial charge in [0, 0.05) is 24.4 Å². The van der Waals surface area contributed by atoms with Crippen molar-refractivity contribution in [3.8, 4) is 11.4 Å². The molecule has 27 heavy (non-hydrogen) atoms. The Morgan fingerprint density at radius 2 is 1.93 bits per heavy atom. The van der Waals surface area contributed by atoms with E-state index in [1.807, 2.05) is 23.6 Å². The first-order chi connectivity index (χ1) is 13.2. The molecule has 0 bridgehead atoms. The van der Waals surface area contributed by atoms with Crippen LogP contribution in [0.15, 0.2) is 54.0 Å². The van der Waals surface area contributed by atoms with Gasteiger partial charge in [0.1, 0.15) is 0 Å². The number of rotatable bonds is 7. The number of esters is 1. The van der Waals surface area contributed by atoms with Crippen molar-refractivity contribution in [2.75, 3.05) is 11.9 Å². The summed E-state index contributed by atoms with van der Waals surface area (Å²) >= 11 is 1.50. The number of nitrogens with one attached hydrogen (secondary N) is 1. The predicted molar refractivity (Wildman–Crippen MR) is 105 cm³/mol. The Hall–Kier alpha value is -3.06. The molecule has 1 N–H and O–H groups in total. The average molecular weight is 381 g/mol. The van der Waals surface area contributed by atoms with Crippen molar-refractivity contribution in [1.29, 1.82) is 0 Å². The van der Waals surface area contributed by atoms with Gasteiger partial charge in [-0.25, -0.2) is 9.78 Å². The van der Waals surface area contributed by atoms with Crippen LogP contribution in [0.4, 0.5) is 5.69 Å². The fourth-order valence-corrected chi connectivity index (χ4v) is 3.26. The Balaban J connectivity index is 1.60. The van der Waals surface area contributed by atoms with Crippen molar-refractivity contribution in [1.82, 2.24) is 9.97 Å². The van der Waals surface area contributed by atoms with Gasteiger partial charge in [-0.3, -0.25) is 9.78 Å². The molecule has 0 fully saturated rings. The van der Waals surface area contributed by atoms with Gasteiger partial charge in [-0.2, -0.15) is 0 Å². The number of carbonyl (C=O) groups excluding carboxylic acids is 2. The number of hydrogen-bond donors (Lipinski definition) is 1. The topological polar surface area (TPSA) is 81.2 Å². The number of pyridine rings is 1. The van der Waals surface area contributed by atoms with Crippen LogP contribution < -0.4 is 5.32 Å². The highest BCUT2D eigenvalue weighted by Crippen LogP contribution is 2.21. The van der Waals surface area contributed by atoms with Crippen LogP contribution in [0, 0.1) is 0 Å². The second kappa shape index (κ2) is 9.05. The smallest absolute Gasteiger partial charge is 0.340 e. The minimum absolute atomic E-state index is 0.179. The Morgan fingerprint density at radius 1 is 1.11 bits per heavy atom. The van der Waals surface area contributed by atoms with Crippen LogP contribution in [0.1, 0.15) is 28.7 Å². The molecule has 0 spiro atoms. The summed E-state index contributed by atoms with van der Waals surface area (Å²) in [5, 5.41) is 5.58. The summed E-state index contributed by atoms with van der Waals surface area (Å²) in [5.74, 6) is -0.630. The first-order valence-corrected chi connectivity index (χ1v) is 9.47. The van der Waals surface area contributed by atoms with Gasteiger partial charge in [0.05, 0.1) is 34.3 Å². The van der Waals surface area contributed by atoms with Crippen LogP contribution in [-0.2, 0) is 16.0 Å². The van der Waals surface area contributed by atoms with Crippen molar-refractivity contribution < 1.29 is 14.3 Å². The zero-order chi connectivity index (χ0) is 19.1. The second-order valence-electron chi connectivity index (χ2n) is 5.66. The molecule has 0 saturated carbocycles. The third-order valence-corrected chi connectivity index (χ3v) is 4.65. The van der Waals surface area contributed by atoms with Crippen LogP contribution in [0.25, 0.3) is 11.4 Å². The molecule has 0 saturated heterocycles. The van der Waals surface area contributed by atoms with E-state index < -0.39 is 5.97 Å². The van der Waals surface area contributed by atoms with Crippen molar-refractivity contribution in [2.24, 2.45) is 0 Å². The molecule has 0 unspecified atom stereocenters. The summed E-state index contributed by atoms with van der Waals surface area (Å²) < 4.78 is 5.02. The third kappa shape index (κ3) is 4.98. The predicted octanol–water partition coefficient (Wildman–Crippen LogP) is 3.95. The molecule has 1 amide bonds. The Labute approximate surface area is 161 Å². The van der Waals surface area contributed by atoms with Crippen LogP contribution >= 0.6 is 11.3 Å². The van der Waals surface area contributed by atoms with Gasteiger partial charge in [-0.05, 0) is 31.2 Å². The Kier molecular flexibility index (Phi) is 6.27. The van der Waals surface area contributed by atoms with Crippen LogP contribution in [-0.4, -0.2) is 28.5 Å². The molecule has 0 radical (unpaired) electrons. The normalized spacial score (nSPS) is 10.4. The SMILES string of the molecule is CCOC(=O)c1ccccc1NC(=O)CCc1nc(-c2ccccn2)cs1. The lowest BCUT2D eigenvalue weighted by Crippen LogP contribution is -2.16. The van der Waals surface area contributed by atoms with Crippen molar-refractivity contribution in [2.45, 2.75) is 19.8 Å². The number of ether oxygens (including phenoxy) is 1. The largest absolute Gasteiger partial charge is 0.462 e. The zero-order valence-electron chi connectivity index (χ0n) is 14.8. The van der Waals surface area contributed by atoms with E-state index in [2.05, 4.69) is 15.3 Å². The monoisotopic (exact) mass is 381 g/mol. The third-order valence-electron chi connectivity index (χ3n) is 3.74. The lowest BCUT2D eigenvalue weighted by molar-refractivity contribution is -0.116. The summed E-state index contributed by atoms with van der Waals surface area (Å²) in [6.07, 6.45) is 2.51. The van der Waals surface area contributed by atoms with Gasteiger partial charge < -0.3 is 10.1 Å². The maximum atomic E-state index is 12.3. The molecule has 0 aliphatic rings. The van der Waals surface area contributed by atoms with Crippen LogP contribution in [0.5, 0.6) is 0 Å². The molecule has 0 aliphatic heterocycles. The summed E-state index contributed by atoms with van der Waals surface area (Å²) in [4.78, 5) is 33.1. The molecule has 2 heterocycles. The molecule has 138 valence electrons. The van der Waals surface area contributed by atoms with E-state index in [9.17, 15) is 9.59 Å². The molecule has 0 atom stereocenters. The van der Waals surface area contributed by atoms with E-state index in [0.29, 0.717) is 17.7 Å². The maximum absolute atomic E-state index is 12.3. The average Bonchev–Trinajstić information content (AvgIpc) is 3.17. The molecular formula is C20H19N3O3S. The number of thiazole rings is 1. The minimum atomic E-state index is -0.451. The van der Waals surface area contributed by atoms with Crippen LogP contribution in [0.3, 0.4) is 0 Å². The van der Waals surface area contributed by atoms with E-state index in [-0.39, 0.29) is 18.9 Å². The molecule has 7 heteroatoms. The number of aromatic nitrogens is 2. The number of nitrogens with zero attached hydrogens (tertiary/aromatic N) is 2. The summed E-state index contributed by atoms with van der Waals surface area (Å²) in [5.41, 5.74) is 2.42. The summed E-state index contributed by atoms with van der Waals surface area (Å²) in [6, 6.07) is 12.5. The van der Waals surface area contributed by atoms with Crippen molar-refractivity contribution in [3.05, 3.63) is 64.6 Å². The molecular weight excluding hydrogens is 362 g/mol. The molecule has 1 aromatic carbocycles. The quantitative estimate of drug-likeness (QED) is 0.627. The number of hydrogen-bond acceptors (Lipinski definition) is 6. The standard InChI is InChI=1S/C20H19N3O3S/c1-2-26-20(25)14-7-3-4-8-15(14)22-18(24)10-11-19-23-17(13-27-19)16-9-5-6-12-21-16/h3-9,12-13H,2,10-11H2,1H3,(H,22,24). The zero-order valence-corrected chi connectivity index (χ0v) is 15.7. The number of anilines is 1. The Morgan fingerprint density at radius 3 is 2.70 bits per heavy atom. The van der Waals surface area contributed by atoms with E-state index in [1.54, 1.807) is 37.4 Å². The highest BCUT2D eigenvalue weighted by Gasteiger charge is 2.14. The lowest BCUT2D eigenvalue weighted by atomic mass is 10.1. The van der Waals surface area contributed by atoms with Gasteiger partial charge in [-0.1, -0.05) is 18.2 Å². The highest BCUT2D eigenvalue weighted by atomic mass is 32.1. The van der Waals surface area contributed by atoms with E-state index in [4.69, 9.17) is 4.74 Å². The first kappa shape index (κ1) is 18.7. The van der Waals surface area contributed by atoms with Crippen molar-refractivity contribution in [3.63, 3.8) is 0 Å². The molecule has 2 aromatic heterocycles. The Bertz CT molecular complexity index is 925. The molecule has 6 nitrogen and oxygen atoms in total. The summed E-state index contributed by atoms with van der Waals surface area (Å²) in [6.45, 7) is 2.02. The van der Waals surface area contributed by atoms with E-state index >= 15 is 0 Å². The number of benzene rings is 1. The number of amides is 1. The number of carbonyl (C=O) groups is 2. The minimum Gasteiger partial charge on any atom is -0.462 e. The molecule has 3 rings (SSSR count). The first-order valence-electron chi connectivity index (χ1n) is 8.59. The second-order valence-corrected chi connectivity index (χ2v) is 6.60. The lowest BCUT2D eigenvalue weighted by Gasteiger charge is -2.10. The maximum Gasteiger partial charge on any atom is 0.340 e. The van der Waals surface area contributed by atoms with Gasteiger partial charge in [0.15, 0.2) is 0 Å². The number of para-hydroxylation sites is 1. The van der Waals surface area contributed by atoms with Crippen molar-refractivity contribution >= 4 is 28.9 Å². The number of aryl methyl sites for hydroxylation is 1. The van der Waals surface area contributed by atoms with Gasteiger partial charge in [0.2, 0.25) is 5.91 Å². The highest BCUT2D eigenvalue weighted by molar-refractivity contribution is 7.09. The fourth-order valence-electron chi connectivity index (χ4n) is 2.47. The van der Waals surface area contributed by atoms with Gasteiger partial charge >= 0.3 is 5.97 Å². The van der Waals surface area contributed by atoms with Gasteiger partial charge in [-0.15, -0.1) is 11.3 Å². The fraction of sp³-hybridized carbons (Fsp3) is 0.200. The van der Waals surface area contributed by atoms with Crippen LogP contribution in [0.2, 0.25) is 0 Å². The van der Waals surface area contributed by atoms with E-state index in [1.165, 1.54) is 11.3 Å². The van der Waals surface area contributed by atoms with Gasteiger partial charge in [0.25, 0.3) is 0 Å². The van der Waals surface area contributed by atoms with E-state index in [0.717, 1.165) is 16.4 Å². The summed E-state index contributed by atoms with van der Waals surface area (Å²) in [7, 11) is 0.